The number of unbranched alkanes of at least 4 members (excludes halogenated alkanes) is 2. The molecule has 0 aromatic carbocycles. The van der Waals surface area contributed by atoms with Gasteiger partial charge in [0.15, 0.2) is 0 Å². The van der Waals surface area contributed by atoms with E-state index in [-0.39, 0.29) is 11.4 Å². The van der Waals surface area contributed by atoms with E-state index in [0.29, 0.717) is 6.61 Å². The van der Waals surface area contributed by atoms with Gasteiger partial charge in [-0.2, -0.15) is 0 Å². The highest BCUT2D eigenvalue weighted by Gasteiger charge is 2.55. The molecule has 0 heterocycles. The fraction of sp³-hybridized carbons (Fsp3) is 0.938. The average molecular weight is 329 g/mol. The van der Waals surface area contributed by atoms with E-state index in [1.54, 1.807) is 0 Å². The second-order valence-corrected chi connectivity index (χ2v) is 7.88. The van der Waals surface area contributed by atoms with Crippen LogP contribution in [0.15, 0.2) is 0 Å². The van der Waals surface area contributed by atoms with Crippen LogP contribution >= 0.6 is 15.9 Å². The van der Waals surface area contributed by atoms with Gasteiger partial charge >= 0.3 is 5.97 Å². The highest BCUT2D eigenvalue weighted by Crippen LogP contribution is 2.60. The summed E-state index contributed by atoms with van der Waals surface area (Å²) in [7, 11) is 0. The molecule has 4 aliphatic carbocycles. The van der Waals surface area contributed by atoms with Crippen LogP contribution in [0, 0.1) is 23.2 Å². The molecule has 0 radical (unpaired) electrons. The lowest BCUT2D eigenvalue weighted by atomic mass is 9.49. The molecule has 4 rings (SSSR count). The zero-order valence-electron chi connectivity index (χ0n) is 11.7. The predicted octanol–water partition coefficient (Wildman–Crippen LogP) is 4.31. The fourth-order valence-corrected chi connectivity index (χ4v) is 5.45. The Kier molecular flexibility index (Phi) is 4.21. The Morgan fingerprint density at radius 1 is 1.00 bits per heavy atom. The summed E-state index contributed by atoms with van der Waals surface area (Å²) in [5.41, 5.74) is -0.0653. The Bertz CT molecular complexity index is 304. The maximum atomic E-state index is 12.5. The van der Waals surface area contributed by atoms with Gasteiger partial charge in [-0.15, -0.1) is 0 Å². The van der Waals surface area contributed by atoms with Crippen LogP contribution in [0.5, 0.6) is 0 Å². The highest BCUT2D eigenvalue weighted by molar-refractivity contribution is 9.09. The normalized spacial score (nSPS) is 39.5. The fourth-order valence-electron chi connectivity index (χ4n) is 5.05. The summed E-state index contributed by atoms with van der Waals surface area (Å²) in [5, 5.41) is 1.05. The summed E-state index contributed by atoms with van der Waals surface area (Å²) in [6.45, 7) is 0.633. The molecule has 0 atom stereocenters. The van der Waals surface area contributed by atoms with E-state index in [9.17, 15) is 4.79 Å². The van der Waals surface area contributed by atoms with Crippen LogP contribution in [0.25, 0.3) is 0 Å². The Hall–Kier alpha value is -0.0500. The summed E-state index contributed by atoms with van der Waals surface area (Å²) < 4.78 is 5.62. The summed E-state index contributed by atoms with van der Waals surface area (Å²) in [4.78, 5) is 12.5. The number of ether oxygens (including phenoxy) is 1. The monoisotopic (exact) mass is 328 g/mol. The summed E-state index contributed by atoms with van der Waals surface area (Å²) in [6, 6.07) is 0. The van der Waals surface area contributed by atoms with E-state index in [1.165, 1.54) is 25.7 Å². The molecule has 0 amide bonds. The third-order valence-corrected chi connectivity index (χ3v) is 6.04. The molecule has 4 saturated carbocycles. The lowest BCUT2D eigenvalue weighted by molar-refractivity contribution is -0.171. The van der Waals surface area contributed by atoms with Crippen molar-refractivity contribution < 1.29 is 9.53 Å². The molecule has 0 saturated heterocycles. The minimum absolute atomic E-state index is 0.0653. The van der Waals surface area contributed by atoms with E-state index in [1.807, 2.05) is 0 Å². The van der Waals surface area contributed by atoms with Crippen molar-refractivity contribution in [2.45, 2.75) is 57.8 Å². The van der Waals surface area contributed by atoms with E-state index >= 15 is 0 Å². The minimum atomic E-state index is -0.0653. The molecule has 4 bridgehead atoms. The molecule has 108 valence electrons. The number of carbonyl (C=O) groups is 1. The number of halogens is 1. The SMILES string of the molecule is O=C(OCCCCCBr)C12CC3CC(CC(C3)C1)C2. The van der Waals surface area contributed by atoms with Crippen molar-refractivity contribution in [2.75, 3.05) is 11.9 Å². The Balaban J connectivity index is 1.52. The summed E-state index contributed by atoms with van der Waals surface area (Å²) in [6.07, 6.45) is 10.9. The molecule has 3 heteroatoms. The van der Waals surface area contributed by atoms with E-state index in [2.05, 4.69) is 15.9 Å². The van der Waals surface area contributed by atoms with E-state index < -0.39 is 0 Å². The van der Waals surface area contributed by atoms with Crippen molar-refractivity contribution in [3.8, 4) is 0 Å². The van der Waals surface area contributed by atoms with Crippen molar-refractivity contribution in [1.29, 1.82) is 0 Å². The zero-order chi connectivity index (χ0) is 13.3. The van der Waals surface area contributed by atoms with Crippen LogP contribution in [0.2, 0.25) is 0 Å². The van der Waals surface area contributed by atoms with Gasteiger partial charge in [-0.1, -0.05) is 15.9 Å². The van der Waals surface area contributed by atoms with Crippen LogP contribution in [-0.4, -0.2) is 17.9 Å². The van der Waals surface area contributed by atoms with Gasteiger partial charge in [-0.3, -0.25) is 4.79 Å². The lowest BCUT2D eigenvalue weighted by Crippen LogP contribution is -2.50. The molecule has 0 N–H and O–H groups in total. The quantitative estimate of drug-likeness (QED) is 0.412. The van der Waals surface area contributed by atoms with Crippen molar-refractivity contribution in [2.24, 2.45) is 23.2 Å². The third-order valence-electron chi connectivity index (χ3n) is 5.48. The average Bonchev–Trinajstić information content (AvgIpc) is 2.36. The standard InChI is InChI=1S/C16H25BrO2/c17-4-2-1-3-5-19-15(18)16-9-12-6-13(10-16)8-14(7-12)11-16/h12-14H,1-11H2. The second kappa shape index (κ2) is 5.75. The smallest absolute Gasteiger partial charge is 0.312 e. The Morgan fingerprint density at radius 2 is 1.58 bits per heavy atom. The van der Waals surface area contributed by atoms with Crippen LogP contribution in [-0.2, 0) is 9.53 Å². The molecule has 2 nitrogen and oxygen atoms in total. The predicted molar refractivity (Wildman–Crippen MR) is 79.2 cm³/mol. The number of hydrogen-bond donors (Lipinski definition) is 0. The number of rotatable bonds is 6. The van der Waals surface area contributed by atoms with Gasteiger partial charge in [0.1, 0.15) is 0 Å². The first-order valence-corrected chi connectivity index (χ1v) is 9.07. The maximum Gasteiger partial charge on any atom is 0.312 e. The topological polar surface area (TPSA) is 26.3 Å². The third kappa shape index (κ3) is 2.86. The first-order valence-electron chi connectivity index (χ1n) is 7.95. The van der Waals surface area contributed by atoms with Crippen LogP contribution in [0.1, 0.15) is 57.8 Å². The highest BCUT2D eigenvalue weighted by atomic mass is 79.9. The Morgan fingerprint density at radius 3 is 2.11 bits per heavy atom. The molecule has 4 aliphatic rings. The van der Waals surface area contributed by atoms with Gasteiger partial charge < -0.3 is 4.74 Å². The van der Waals surface area contributed by atoms with Gasteiger partial charge in [0, 0.05) is 5.33 Å². The molecule has 0 aliphatic heterocycles. The van der Waals surface area contributed by atoms with Gasteiger partial charge in [0.2, 0.25) is 0 Å². The van der Waals surface area contributed by atoms with Crippen molar-refractivity contribution in [3.05, 3.63) is 0 Å². The number of hydrogen-bond acceptors (Lipinski definition) is 2. The number of alkyl halides is 1. The second-order valence-electron chi connectivity index (χ2n) is 7.08. The van der Waals surface area contributed by atoms with Crippen LogP contribution in [0.3, 0.4) is 0 Å². The minimum Gasteiger partial charge on any atom is -0.465 e. The van der Waals surface area contributed by atoms with E-state index in [0.717, 1.165) is 55.2 Å². The van der Waals surface area contributed by atoms with Crippen molar-refractivity contribution in [3.63, 3.8) is 0 Å². The Labute approximate surface area is 124 Å². The molecule has 0 aromatic heterocycles. The van der Waals surface area contributed by atoms with Gasteiger partial charge in [0.25, 0.3) is 0 Å². The zero-order valence-corrected chi connectivity index (χ0v) is 13.3. The molecule has 0 aromatic rings. The van der Waals surface area contributed by atoms with Crippen LogP contribution < -0.4 is 0 Å². The molecule has 0 spiro atoms. The van der Waals surface area contributed by atoms with Crippen molar-refractivity contribution >= 4 is 21.9 Å². The van der Waals surface area contributed by atoms with Gasteiger partial charge in [0.05, 0.1) is 12.0 Å². The number of carbonyl (C=O) groups excluding carboxylic acids is 1. The van der Waals surface area contributed by atoms with Gasteiger partial charge in [-0.25, -0.2) is 0 Å². The first kappa shape index (κ1) is 13.9. The summed E-state index contributed by atoms with van der Waals surface area (Å²) in [5.74, 6) is 2.62. The molecule has 4 fully saturated rings. The van der Waals surface area contributed by atoms with Crippen molar-refractivity contribution in [1.82, 2.24) is 0 Å². The number of esters is 1. The maximum absolute atomic E-state index is 12.5. The molecular formula is C16H25BrO2. The molecule has 19 heavy (non-hydrogen) atoms. The van der Waals surface area contributed by atoms with Gasteiger partial charge in [-0.05, 0) is 75.5 Å². The largest absolute Gasteiger partial charge is 0.465 e. The molecular weight excluding hydrogens is 304 g/mol. The lowest BCUT2D eigenvalue weighted by Gasteiger charge is -2.55. The van der Waals surface area contributed by atoms with E-state index in [4.69, 9.17) is 4.74 Å². The first-order chi connectivity index (χ1) is 9.22. The van der Waals surface area contributed by atoms with Crippen LogP contribution in [0.4, 0.5) is 0 Å². The molecule has 0 unspecified atom stereocenters. The summed E-state index contributed by atoms with van der Waals surface area (Å²) >= 11 is 3.43.